The van der Waals surface area contributed by atoms with E-state index in [4.69, 9.17) is 4.74 Å². The summed E-state index contributed by atoms with van der Waals surface area (Å²) in [5, 5.41) is 7.51. The third-order valence-electron chi connectivity index (χ3n) is 4.32. The van der Waals surface area contributed by atoms with Crippen molar-refractivity contribution in [3.05, 3.63) is 46.8 Å². The number of ether oxygens (including phenoxy) is 1. The molecular formula is C19H25N3O2. The molecule has 1 aliphatic rings. The molecule has 5 heteroatoms. The highest BCUT2D eigenvalue weighted by molar-refractivity contribution is 5.95. The van der Waals surface area contributed by atoms with Crippen molar-refractivity contribution in [3.63, 3.8) is 0 Å². The molecule has 0 fully saturated rings. The van der Waals surface area contributed by atoms with E-state index in [0.29, 0.717) is 18.1 Å². The number of aromatic nitrogens is 2. The predicted molar refractivity (Wildman–Crippen MR) is 93.3 cm³/mol. The first kappa shape index (κ1) is 16.6. The van der Waals surface area contributed by atoms with Crippen LogP contribution in [-0.4, -0.2) is 22.3 Å². The fourth-order valence-electron chi connectivity index (χ4n) is 3.17. The molecule has 1 amide bonds. The monoisotopic (exact) mass is 327 g/mol. The van der Waals surface area contributed by atoms with Gasteiger partial charge < -0.3 is 10.1 Å². The zero-order chi connectivity index (χ0) is 17.3. The van der Waals surface area contributed by atoms with Gasteiger partial charge in [0.15, 0.2) is 0 Å². The number of fused-ring (bicyclic) bond motifs is 1. The second kappa shape index (κ2) is 6.67. The van der Waals surface area contributed by atoms with E-state index in [-0.39, 0.29) is 11.9 Å². The van der Waals surface area contributed by atoms with E-state index in [2.05, 4.69) is 37.3 Å². The Morgan fingerprint density at radius 1 is 1.46 bits per heavy atom. The van der Waals surface area contributed by atoms with Crippen LogP contribution >= 0.6 is 0 Å². The van der Waals surface area contributed by atoms with Crippen molar-refractivity contribution in [2.75, 3.05) is 6.61 Å². The van der Waals surface area contributed by atoms with E-state index in [1.807, 2.05) is 23.7 Å². The zero-order valence-corrected chi connectivity index (χ0v) is 14.8. The van der Waals surface area contributed by atoms with Crippen LogP contribution in [0.3, 0.4) is 0 Å². The van der Waals surface area contributed by atoms with Gasteiger partial charge in [-0.15, -0.1) is 0 Å². The third-order valence-corrected chi connectivity index (χ3v) is 4.32. The second-order valence-electron chi connectivity index (χ2n) is 6.81. The summed E-state index contributed by atoms with van der Waals surface area (Å²) in [5.41, 5.74) is 3.87. The van der Waals surface area contributed by atoms with E-state index in [0.717, 1.165) is 35.5 Å². The molecule has 0 saturated carbocycles. The topological polar surface area (TPSA) is 56.1 Å². The number of carbonyl (C=O) groups is 1. The number of benzene rings is 1. The molecule has 0 bridgehead atoms. The van der Waals surface area contributed by atoms with Gasteiger partial charge in [-0.05, 0) is 25.3 Å². The summed E-state index contributed by atoms with van der Waals surface area (Å²) in [6, 6.07) is 5.96. The van der Waals surface area contributed by atoms with E-state index >= 15 is 0 Å². The van der Waals surface area contributed by atoms with Crippen LogP contribution in [0.5, 0.6) is 5.75 Å². The maximum Gasteiger partial charge on any atom is 0.255 e. The lowest BCUT2D eigenvalue weighted by atomic mass is 10.1. The molecule has 1 N–H and O–H groups in total. The molecule has 0 radical (unpaired) electrons. The number of hydrogen-bond donors (Lipinski definition) is 1. The van der Waals surface area contributed by atoms with Crippen molar-refractivity contribution in [1.29, 1.82) is 0 Å². The summed E-state index contributed by atoms with van der Waals surface area (Å²) < 4.78 is 7.63. The van der Waals surface area contributed by atoms with Crippen molar-refractivity contribution in [1.82, 2.24) is 15.1 Å². The molecular weight excluding hydrogens is 302 g/mol. The van der Waals surface area contributed by atoms with Gasteiger partial charge in [-0.25, -0.2) is 0 Å². The molecule has 128 valence electrons. The Kier molecular flexibility index (Phi) is 4.60. The first-order chi connectivity index (χ1) is 11.5. The number of hydrogen-bond acceptors (Lipinski definition) is 3. The highest BCUT2D eigenvalue weighted by Crippen LogP contribution is 2.33. The quantitative estimate of drug-likeness (QED) is 0.917. The largest absolute Gasteiger partial charge is 0.491 e. The molecule has 0 spiro atoms. The lowest BCUT2D eigenvalue weighted by molar-refractivity contribution is 0.0929. The molecule has 1 aliphatic heterocycles. The van der Waals surface area contributed by atoms with Crippen LogP contribution in [0, 0.1) is 12.8 Å². The Morgan fingerprint density at radius 2 is 2.25 bits per heavy atom. The van der Waals surface area contributed by atoms with Crippen LogP contribution in [0.4, 0.5) is 0 Å². The molecule has 24 heavy (non-hydrogen) atoms. The Hall–Kier alpha value is -2.30. The maximum atomic E-state index is 12.8. The van der Waals surface area contributed by atoms with Crippen LogP contribution in [0.25, 0.3) is 0 Å². The molecule has 0 unspecified atom stereocenters. The molecule has 2 aromatic rings. The molecule has 5 nitrogen and oxygen atoms in total. The minimum atomic E-state index is -0.106. The van der Waals surface area contributed by atoms with Crippen LogP contribution in [0.15, 0.2) is 24.4 Å². The van der Waals surface area contributed by atoms with Crippen molar-refractivity contribution in [2.24, 2.45) is 5.92 Å². The van der Waals surface area contributed by atoms with E-state index < -0.39 is 0 Å². The number of rotatable bonds is 5. The van der Waals surface area contributed by atoms with Gasteiger partial charge >= 0.3 is 0 Å². The minimum absolute atomic E-state index is 0.0789. The highest BCUT2D eigenvalue weighted by Gasteiger charge is 2.27. The Balaban J connectivity index is 1.80. The maximum absolute atomic E-state index is 12.8. The van der Waals surface area contributed by atoms with Crippen molar-refractivity contribution in [3.8, 4) is 5.75 Å². The van der Waals surface area contributed by atoms with E-state index in [1.165, 1.54) is 0 Å². The van der Waals surface area contributed by atoms with Crippen LogP contribution in [0.1, 0.15) is 54.0 Å². The molecule has 1 aromatic heterocycles. The van der Waals surface area contributed by atoms with Gasteiger partial charge in [-0.1, -0.05) is 38.5 Å². The summed E-state index contributed by atoms with van der Waals surface area (Å²) in [6.45, 7) is 9.70. The van der Waals surface area contributed by atoms with Crippen LogP contribution < -0.4 is 10.1 Å². The minimum Gasteiger partial charge on any atom is -0.491 e. The number of carbonyl (C=O) groups excluding carboxylic acids is 1. The number of nitrogens with one attached hydrogen (secondary N) is 1. The van der Waals surface area contributed by atoms with Gasteiger partial charge in [-0.3, -0.25) is 9.48 Å². The SMILES string of the molecule is CCc1c(C(=O)N[C@H]2COc3ccc(C)cc32)cnn1CC(C)C. The van der Waals surface area contributed by atoms with Crippen molar-refractivity contribution in [2.45, 2.75) is 46.7 Å². The average molecular weight is 327 g/mol. The molecule has 1 aromatic carbocycles. The first-order valence-electron chi connectivity index (χ1n) is 8.58. The fourth-order valence-corrected chi connectivity index (χ4v) is 3.17. The summed E-state index contributed by atoms with van der Waals surface area (Å²) in [5.74, 6) is 1.27. The third kappa shape index (κ3) is 3.16. The Morgan fingerprint density at radius 3 is 2.96 bits per heavy atom. The summed E-state index contributed by atoms with van der Waals surface area (Å²) in [7, 11) is 0. The molecule has 0 saturated heterocycles. The Bertz CT molecular complexity index is 749. The lowest BCUT2D eigenvalue weighted by Crippen LogP contribution is -2.30. The lowest BCUT2D eigenvalue weighted by Gasteiger charge is -2.13. The highest BCUT2D eigenvalue weighted by atomic mass is 16.5. The Labute approximate surface area is 143 Å². The predicted octanol–water partition coefficient (Wildman–Crippen LogP) is 3.27. The van der Waals surface area contributed by atoms with Crippen LogP contribution in [-0.2, 0) is 13.0 Å². The van der Waals surface area contributed by atoms with Gasteiger partial charge in [0, 0.05) is 12.1 Å². The molecule has 0 aliphatic carbocycles. The summed E-state index contributed by atoms with van der Waals surface area (Å²) >= 11 is 0. The van der Waals surface area contributed by atoms with Gasteiger partial charge in [0.25, 0.3) is 5.91 Å². The van der Waals surface area contributed by atoms with Crippen molar-refractivity contribution < 1.29 is 9.53 Å². The molecule has 1 atom stereocenters. The van der Waals surface area contributed by atoms with Gasteiger partial charge in [0.1, 0.15) is 12.4 Å². The normalized spacial score (nSPS) is 16.1. The fraction of sp³-hybridized carbons (Fsp3) is 0.474. The number of nitrogens with zero attached hydrogens (tertiary/aromatic N) is 2. The molecule has 3 rings (SSSR count). The van der Waals surface area contributed by atoms with Gasteiger partial charge in [0.05, 0.1) is 23.5 Å². The number of amides is 1. The number of aryl methyl sites for hydroxylation is 1. The standard InChI is InChI=1S/C19H25N3O2/c1-5-17-15(9-20-22(17)10-12(2)3)19(23)21-16-11-24-18-7-6-13(4)8-14(16)18/h6-9,12,16H,5,10-11H2,1-4H3,(H,21,23)/t16-/m0/s1. The van der Waals surface area contributed by atoms with E-state index in [9.17, 15) is 4.79 Å². The van der Waals surface area contributed by atoms with Gasteiger partial charge in [0.2, 0.25) is 0 Å². The average Bonchev–Trinajstić information content (AvgIpc) is 3.11. The smallest absolute Gasteiger partial charge is 0.255 e. The first-order valence-corrected chi connectivity index (χ1v) is 8.58. The van der Waals surface area contributed by atoms with Crippen LogP contribution in [0.2, 0.25) is 0 Å². The van der Waals surface area contributed by atoms with Crippen molar-refractivity contribution >= 4 is 5.91 Å². The van der Waals surface area contributed by atoms with Gasteiger partial charge in [-0.2, -0.15) is 5.10 Å². The second-order valence-corrected chi connectivity index (χ2v) is 6.81. The summed E-state index contributed by atoms with van der Waals surface area (Å²) in [4.78, 5) is 12.8. The van der Waals surface area contributed by atoms with E-state index in [1.54, 1.807) is 6.20 Å². The zero-order valence-electron chi connectivity index (χ0n) is 14.8. The summed E-state index contributed by atoms with van der Waals surface area (Å²) in [6.07, 6.45) is 2.47. The molecule has 2 heterocycles.